The Kier molecular flexibility index (Phi) is 3.44. The van der Waals surface area contributed by atoms with Gasteiger partial charge in [-0.3, -0.25) is 19.2 Å². The predicted molar refractivity (Wildman–Crippen MR) is 77.0 cm³/mol. The Bertz CT molecular complexity index is 594. The number of nitrogens with zero attached hydrogens (tertiary/aromatic N) is 4. The summed E-state index contributed by atoms with van der Waals surface area (Å²) in [7, 11) is 1.84. The molecule has 0 spiro atoms. The molecule has 1 N–H and O–H groups in total. The molecule has 1 aromatic rings. The van der Waals surface area contributed by atoms with Gasteiger partial charge in [-0.25, -0.2) is 0 Å². The summed E-state index contributed by atoms with van der Waals surface area (Å²) in [6.07, 6.45) is 0. The quantitative estimate of drug-likeness (QED) is 0.742. The van der Waals surface area contributed by atoms with E-state index in [1.807, 2.05) is 20.9 Å². The number of carbonyl (C=O) groups is 2. The van der Waals surface area contributed by atoms with Gasteiger partial charge in [-0.1, -0.05) is 0 Å². The summed E-state index contributed by atoms with van der Waals surface area (Å²) in [6.45, 7) is 7.19. The van der Waals surface area contributed by atoms with E-state index in [2.05, 4.69) is 15.3 Å². The molecule has 114 valence electrons. The number of aryl methyl sites for hydroxylation is 2. The zero-order chi connectivity index (χ0) is 15.1. The van der Waals surface area contributed by atoms with E-state index < -0.39 is 0 Å². The molecule has 21 heavy (non-hydrogen) atoms. The molecule has 3 heterocycles. The van der Waals surface area contributed by atoms with Crippen LogP contribution < -0.4 is 5.32 Å². The normalized spacial score (nSPS) is 22.9. The lowest BCUT2D eigenvalue weighted by Gasteiger charge is -2.43. The van der Waals surface area contributed by atoms with Crippen LogP contribution in [0.3, 0.4) is 0 Å². The van der Waals surface area contributed by atoms with Gasteiger partial charge < -0.3 is 10.2 Å². The Balaban J connectivity index is 1.81. The maximum absolute atomic E-state index is 12.8. The Labute approximate surface area is 123 Å². The molecule has 1 atom stereocenters. The average molecular weight is 291 g/mol. The topological polar surface area (TPSA) is 70.5 Å². The third-order valence-corrected chi connectivity index (χ3v) is 4.50. The Morgan fingerprint density at radius 1 is 1.29 bits per heavy atom. The number of hydrogen-bond donors (Lipinski definition) is 1. The second-order valence-corrected chi connectivity index (χ2v) is 5.76. The maximum Gasteiger partial charge on any atom is 0.257 e. The fourth-order valence-corrected chi connectivity index (χ4v) is 3.20. The van der Waals surface area contributed by atoms with E-state index in [0.29, 0.717) is 25.2 Å². The van der Waals surface area contributed by atoms with Gasteiger partial charge in [-0.2, -0.15) is 5.10 Å². The van der Waals surface area contributed by atoms with Crippen molar-refractivity contribution in [3.05, 3.63) is 17.0 Å². The summed E-state index contributed by atoms with van der Waals surface area (Å²) in [5.74, 6) is 0.00880. The molecule has 0 saturated carbocycles. The lowest BCUT2D eigenvalue weighted by atomic mass is 10.1. The molecule has 7 nitrogen and oxygen atoms in total. The zero-order valence-electron chi connectivity index (χ0n) is 12.7. The van der Waals surface area contributed by atoms with E-state index in [9.17, 15) is 9.59 Å². The first-order valence-electron chi connectivity index (χ1n) is 7.30. The monoisotopic (exact) mass is 291 g/mol. The minimum Gasteiger partial charge on any atom is -0.353 e. The van der Waals surface area contributed by atoms with Gasteiger partial charge in [-0.15, -0.1) is 0 Å². The van der Waals surface area contributed by atoms with E-state index >= 15 is 0 Å². The van der Waals surface area contributed by atoms with Gasteiger partial charge >= 0.3 is 0 Å². The van der Waals surface area contributed by atoms with Crippen LogP contribution in [0.25, 0.3) is 0 Å². The molecular formula is C14H21N5O2. The van der Waals surface area contributed by atoms with Crippen LogP contribution in [0.2, 0.25) is 0 Å². The van der Waals surface area contributed by atoms with Crippen molar-refractivity contribution < 1.29 is 9.59 Å². The number of amides is 2. The van der Waals surface area contributed by atoms with Crippen LogP contribution in [0.15, 0.2) is 0 Å². The Hall–Kier alpha value is -1.89. The first-order chi connectivity index (χ1) is 9.99. The predicted octanol–water partition coefficient (Wildman–Crippen LogP) is -0.707. The molecule has 2 saturated heterocycles. The smallest absolute Gasteiger partial charge is 0.257 e. The first kappa shape index (κ1) is 14.1. The summed E-state index contributed by atoms with van der Waals surface area (Å²) < 4.78 is 1.73. The van der Waals surface area contributed by atoms with Crippen LogP contribution in [-0.2, 0) is 11.8 Å². The highest BCUT2D eigenvalue weighted by Crippen LogP contribution is 2.19. The van der Waals surface area contributed by atoms with Gasteiger partial charge in [-0.05, 0) is 13.8 Å². The van der Waals surface area contributed by atoms with Crippen molar-refractivity contribution in [1.29, 1.82) is 0 Å². The van der Waals surface area contributed by atoms with Gasteiger partial charge in [0.1, 0.15) is 6.04 Å². The summed E-state index contributed by atoms with van der Waals surface area (Å²) in [5.41, 5.74) is 2.28. The molecule has 2 amide bonds. The van der Waals surface area contributed by atoms with Gasteiger partial charge in [0.2, 0.25) is 5.91 Å². The fourth-order valence-electron chi connectivity index (χ4n) is 3.20. The standard InChI is InChI=1S/C14H21N5O2/c1-9-12(10(2)17(3)16-9)14(21)19-7-6-18-5-4-15-13(20)11(18)8-19/h11H,4-8H2,1-3H3,(H,15,20)/t11-/m1/s1. The van der Waals surface area contributed by atoms with Crippen LogP contribution in [0.5, 0.6) is 0 Å². The van der Waals surface area contributed by atoms with Gasteiger partial charge in [0, 0.05) is 45.5 Å². The van der Waals surface area contributed by atoms with Crippen molar-refractivity contribution in [2.75, 3.05) is 32.7 Å². The van der Waals surface area contributed by atoms with E-state index in [4.69, 9.17) is 0 Å². The molecule has 0 bridgehead atoms. The van der Waals surface area contributed by atoms with Crippen LogP contribution in [0.4, 0.5) is 0 Å². The molecule has 0 aromatic carbocycles. The minimum atomic E-state index is -0.214. The summed E-state index contributed by atoms with van der Waals surface area (Å²) in [5, 5.41) is 7.17. The van der Waals surface area contributed by atoms with E-state index in [1.165, 1.54) is 0 Å². The highest BCUT2D eigenvalue weighted by molar-refractivity contribution is 5.97. The molecule has 2 aliphatic heterocycles. The minimum absolute atomic E-state index is 0.0175. The zero-order valence-corrected chi connectivity index (χ0v) is 12.7. The van der Waals surface area contributed by atoms with Gasteiger partial charge in [0.05, 0.1) is 11.3 Å². The van der Waals surface area contributed by atoms with Crippen molar-refractivity contribution in [3.63, 3.8) is 0 Å². The van der Waals surface area contributed by atoms with Gasteiger partial charge in [0.15, 0.2) is 0 Å². The summed E-state index contributed by atoms with van der Waals surface area (Å²) >= 11 is 0. The number of hydrogen-bond acceptors (Lipinski definition) is 4. The van der Waals surface area contributed by atoms with E-state index in [0.717, 1.165) is 24.5 Å². The van der Waals surface area contributed by atoms with Crippen LogP contribution in [-0.4, -0.2) is 70.2 Å². The summed E-state index contributed by atoms with van der Waals surface area (Å²) in [4.78, 5) is 28.7. The molecule has 2 aliphatic rings. The molecule has 1 aromatic heterocycles. The lowest BCUT2D eigenvalue weighted by molar-refractivity contribution is -0.131. The maximum atomic E-state index is 12.8. The molecule has 0 unspecified atom stereocenters. The highest BCUT2D eigenvalue weighted by atomic mass is 16.2. The van der Waals surface area contributed by atoms with Crippen LogP contribution in [0.1, 0.15) is 21.7 Å². The average Bonchev–Trinajstić information content (AvgIpc) is 2.71. The largest absolute Gasteiger partial charge is 0.353 e. The number of aromatic nitrogens is 2. The molecule has 3 rings (SSSR count). The van der Waals surface area contributed by atoms with Crippen molar-refractivity contribution in [1.82, 2.24) is 24.9 Å². The lowest BCUT2D eigenvalue weighted by Crippen LogP contribution is -2.64. The number of piperazine rings is 2. The van der Waals surface area contributed by atoms with Crippen molar-refractivity contribution in [2.24, 2.45) is 7.05 Å². The molecule has 7 heteroatoms. The van der Waals surface area contributed by atoms with Crippen LogP contribution in [0, 0.1) is 13.8 Å². The van der Waals surface area contributed by atoms with Crippen molar-refractivity contribution in [2.45, 2.75) is 19.9 Å². The van der Waals surface area contributed by atoms with Crippen LogP contribution >= 0.6 is 0 Å². The number of carbonyl (C=O) groups excluding carboxylic acids is 2. The SMILES string of the molecule is Cc1nn(C)c(C)c1C(=O)N1CCN2CCNC(=O)[C@H]2C1. The van der Waals surface area contributed by atoms with Gasteiger partial charge in [0.25, 0.3) is 5.91 Å². The number of nitrogens with one attached hydrogen (secondary N) is 1. The highest BCUT2D eigenvalue weighted by Gasteiger charge is 2.37. The summed E-state index contributed by atoms with van der Waals surface area (Å²) in [6, 6.07) is -0.214. The fraction of sp³-hybridized carbons (Fsp3) is 0.643. The Morgan fingerprint density at radius 3 is 2.71 bits per heavy atom. The molecule has 2 fully saturated rings. The van der Waals surface area contributed by atoms with Crippen molar-refractivity contribution >= 4 is 11.8 Å². The molecule has 0 radical (unpaired) electrons. The Morgan fingerprint density at radius 2 is 2.05 bits per heavy atom. The van der Waals surface area contributed by atoms with E-state index in [-0.39, 0.29) is 17.9 Å². The number of rotatable bonds is 1. The third kappa shape index (κ3) is 2.31. The third-order valence-electron chi connectivity index (χ3n) is 4.50. The van der Waals surface area contributed by atoms with E-state index in [1.54, 1.807) is 9.58 Å². The first-order valence-corrected chi connectivity index (χ1v) is 7.30. The van der Waals surface area contributed by atoms with Crippen molar-refractivity contribution in [3.8, 4) is 0 Å². The number of fused-ring (bicyclic) bond motifs is 1. The molecule has 0 aliphatic carbocycles. The second-order valence-electron chi connectivity index (χ2n) is 5.76. The second kappa shape index (κ2) is 5.14. The molecular weight excluding hydrogens is 270 g/mol.